The normalized spacial score (nSPS) is 15.3. The van der Waals surface area contributed by atoms with Gasteiger partial charge in [0.25, 0.3) is 0 Å². The van der Waals surface area contributed by atoms with Crippen molar-refractivity contribution in [3.63, 3.8) is 0 Å². The van der Waals surface area contributed by atoms with E-state index in [4.69, 9.17) is 4.84 Å². The number of alkyl halides is 3. The Bertz CT molecular complexity index is 1280. The lowest BCUT2D eigenvalue weighted by molar-refractivity contribution is -0.137. The zero-order valence-electron chi connectivity index (χ0n) is 19.2. The van der Waals surface area contributed by atoms with E-state index < -0.39 is 35.5 Å². The maximum Gasteiger partial charge on any atom is 0.416 e. The molecule has 1 unspecified atom stereocenters. The number of amides is 2. The van der Waals surface area contributed by atoms with Gasteiger partial charge >= 0.3 is 12.2 Å². The summed E-state index contributed by atoms with van der Waals surface area (Å²) in [5, 5.41) is 6.52. The number of urea groups is 1. The van der Waals surface area contributed by atoms with Crippen LogP contribution in [0.1, 0.15) is 28.7 Å². The first-order valence-electron chi connectivity index (χ1n) is 11.1. The van der Waals surface area contributed by atoms with Gasteiger partial charge in [-0.05, 0) is 36.8 Å². The number of carbonyl (C=O) groups is 1. The number of anilines is 1. The fraction of sp³-hybridized carbons (Fsp3) is 0.231. The van der Waals surface area contributed by atoms with Gasteiger partial charge in [0.15, 0.2) is 6.10 Å². The SMILES string of the molecule is Cc1ccc(C2=NOC(CN(Cc3ccc(F)cc3F)C(=O)Nc3cccc(C(F)(F)F)c3)C2)cc1. The van der Waals surface area contributed by atoms with E-state index in [1.54, 1.807) is 0 Å². The zero-order chi connectivity index (χ0) is 25.9. The first kappa shape index (κ1) is 25.2. The molecule has 188 valence electrons. The van der Waals surface area contributed by atoms with Crippen LogP contribution in [-0.4, -0.2) is 29.3 Å². The molecule has 36 heavy (non-hydrogen) atoms. The quantitative estimate of drug-likeness (QED) is 0.390. The van der Waals surface area contributed by atoms with Crippen LogP contribution in [0.25, 0.3) is 0 Å². The number of nitrogens with zero attached hydrogens (tertiary/aromatic N) is 2. The third-order valence-corrected chi connectivity index (χ3v) is 5.65. The fourth-order valence-corrected chi connectivity index (χ4v) is 3.74. The minimum absolute atomic E-state index is 0.0354. The lowest BCUT2D eigenvalue weighted by atomic mass is 10.0. The van der Waals surface area contributed by atoms with E-state index in [0.717, 1.165) is 29.3 Å². The topological polar surface area (TPSA) is 53.9 Å². The van der Waals surface area contributed by atoms with Crippen molar-refractivity contribution >= 4 is 17.4 Å². The van der Waals surface area contributed by atoms with Crippen molar-refractivity contribution in [3.05, 3.63) is 101 Å². The first-order chi connectivity index (χ1) is 17.1. The average molecular weight is 503 g/mol. The molecule has 1 heterocycles. The third kappa shape index (κ3) is 6.18. The van der Waals surface area contributed by atoms with Crippen LogP contribution in [0.15, 0.2) is 71.9 Å². The van der Waals surface area contributed by atoms with Crippen molar-refractivity contribution in [3.8, 4) is 0 Å². The Balaban J connectivity index is 1.51. The van der Waals surface area contributed by atoms with E-state index in [2.05, 4.69) is 10.5 Å². The number of aryl methyl sites for hydroxylation is 1. The van der Waals surface area contributed by atoms with Crippen LogP contribution in [0.2, 0.25) is 0 Å². The molecule has 0 saturated heterocycles. The molecule has 0 fully saturated rings. The van der Waals surface area contributed by atoms with Crippen LogP contribution < -0.4 is 5.32 Å². The van der Waals surface area contributed by atoms with Crippen LogP contribution in [0, 0.1) is 18.6 Å². The smallest absolute Gasteiger partial charge is 0.390 e. The summed E-state index contributed by atoms with van der Waals surface area (Å²) in [7, 11) is 0. The Morgan fingerprint density at radius 1 is 1.08 bits per heavy atom. The summed E-state index contributed by atoms with van der Waals surface area (Å²) in [5.41, 5.74) is 1.63. The number of carbonyl (C=O) groups excluding carboxylic acids is 1. The number of nitrogens with one attached hydrogen (secondary N) is 1. The molecule has 3 aromatic rings. The predicted octanol–water partition coefficient (Wildman–Crippen LogP) is 6.52. The summed E-state index contributed by atoms with van der Waals surface area (Å²) in [5.74, 6) is -1.62. The standard InChI is InChI=1S/C26H22F5N3O2/c1-16-5-7-17(8-6-16)24-13-22(36-33-24)15-34(14-18-9-10-20(27)12-23(18)28)25(35)32-21-4-2-3-19(11-21)26(29,30)31/h2-12,22H,13-15H2,1H3,(H,32,35). The Hall–Kier alpha value is -3.95. The fourth-order valence-electron chi connectivity index (χ4n) is 3.74. The monoisotopic (exact) mass is 503 g/mol. The number of halogens is 5. The van der Waals surface area contributed by atoms with E-state index in [9.17, 15) is 26.7 Å². The van der Waals surface area contributed by atoms with Gasteiger partial charge in [0, 0.05) is 23.7 Å². The Morgan fingerprint density at radius 2 is 1.83 bits per heavy atom. The van der Waals surface area contributed by atoms with Crippen molar-refractivity contribution in [1.82, 2.24) is 4.90 Å². The summed E-state index contributed by atoms with van der Waals surface area (Å²) in [4.78, 5) is 19.8. The van der Waals surface area contributed by atoms with Crippen molar-refractivity contribution < 1.29 is 31.6 Å². The number of oxime groups is 1. The Kier molecular flexibility index (Phi) is 7.23. The highest BCUT2D eigenvalue weighted by Gasteiger charge is 2.31. The van der Waals surface area contributed by atoms with Crippen LogP contribution in [0.4, 0.5) is 32.4 Å². The summed E-state index contributed by atoms with van der Waals surface area (Å²) in [6.45, 7) is 1.64. The van der Waals surface area contributed by atoms with Crippen LogP contribution in [0.5, 0.6) is 0 Å². The zero-order valence-corrected chi connectivity index (χ0v) is 19.2. The second-order valence-corrected chi connectivity index (χ2v) is 8.46. The van der Waals surface area contributed by atoms with Gasteiger partial charge in [0.2, 0.25) is 0 Å². The van der Waals surface area contributed by atoms with Gasteiger partial charge in [0.1, 0.15) is 11.6 Å². The van der Waals surface area contributed by atoms with E-state index in [0.29, 0.717) is 18.2 Å². The maximum absolute atomic E-state index is 14.3. The lowest BCUT2D eigenvalue weighted by Crippen LogP contribution is -2.40. The molecule has 5 nitrogen and oxygen atoms in total. The number of hydrogen-bond acceptors (Lipinski definition) is 3. The van der Waals surface area contributed by atoms with E-state index in [1.807, 2.05) is 31.2 Å². The molecule has 0 aromatic heterocycles. The second kappa shape index (κ2) is 10.3. The van der Waals surface area contributed by atoms with Gasteiger partial charge in [-0.3, -0.25) is 0 Å². The average Bonchev–Trinajstić information content (AvgIpc) is 3.29. The molecule has 0 spiro atoms. The molecule has 1 N–H and O–H groups in total. The molecular weight excluding hydrogens is 481 g/mol. The summed E-state index contributed by atoms with van der Waals surface area (Å²) >= 11 is 0. The molecule has 0 saturated carbocycles. The van der Waals surface area contributed by atoms with Crippen LogP contribution in [0.3, 0.4) is 0 Å². The molecular formula is C26H22F5N3O2. The van der Waals surface area contributed by atoms with Crippen LogP contribution in [-0.2, 0) is 17.6 Å². The molecule has 4 rings (SSSR count). The molecule has 2 amide bonds. The molecule has 0 bridgehead atoms. The minimum Gasteiger partial charge on any atom is -0.390 e. The summed E-state index contributed by atoms with van der Waals surface area (Å²) in [6, 6.07) is 14.0. The Labute approximate surface area is 204 Å². The number of hydrogen-bond donors (Lipinski definition) is 1. The highest BCUT2D eigenvalue weighted by atomic mass is 19.4. The van der Waals surface area contributed by atoms with Crippen molar-refractivity contribution in [2.45, 2.75) is 32.2 Å². The van der Waals surface area contributed by atoms with Gasteiger partial charge < -0.3 is 15.1 Å². The summed E-state index contributed by atoms with van der Waals surface area (Å²) in [6.07, 6.45) is -4.79. The largest absolute Gasteiger partial charge is 0.416 e. The van der Waals surface area contributed by atoms with E-state index in [1.165, 1.54) is 23.1 Å². The molecule has 0 radical (unpaired) electrons. The number of benzene rings is 3. The van der Waals surface area contributed by atoms with Gasteiger partial charge in [-0.15, -0.1) is 0 Å². The van der Waals surface area contributed by atoms with Gasteiger partial charge in [-0.25, -0.2) is 13.6 Å². The molecule has 1 atom stereocenters. The highest BCUT2D eigenvalue weighted by molar-refractivity contribution is 6.01. The lowest BCUT2D eigenvalue weighted by Gasteiger charge is -2.25. The minimum atomic E-state index is -4.58. The number of rotatable bonds is 6. The molecule has 0 aliphatic carbocycles. The maximum atomic E-state index is 14.3. The van der Waals surface area contributed by atoms with Gasteiger partial charge in [0.05, 0.1) is 24.4 Å². The molecule has 10 heteroatoms. The molecule has 3 aromatic carbocycles. The molecule has 1 aliphatic heterocycles. The Morgan fingerprint density at radius 3 is 2.53 bits per heavy atom. The van der Waals surface area contributed by atoms with Crippen molar-refractivity contribution in [1.29, 1.82) is 0 Å². The van der Waals surface area contributed by atoms with Crippen molar-refractivity contribution in [2.75, 3.05) is 11.9 Å². The van der Waals surface area contributed by atoms with Gasteiger partial charge in [-0.1, -0.05) is 47.1 Å². The summed E-state index contributed by atoms with van der Waals surface area (Å²) < 4.78 is 66.9. The second-order valence-electron chi connectivity index (χ2n) is 8.46. The predicted molar refractivity (Wildman–Crippen MR) is 124 cm³/mol. The highest BCUT2D eigenvalue weighted by Crippen LogP contribution is 2.31. The van der Waals surface area contributed by atoms with E-state index in [-0.39, 0.29) is 24.3 Å². The van der Waals surface area contributed by atoms with E-state index >= 15 is 0 Å². The first-order valence-corrected chi connectivity index (χ1v) is 11.1. The molecule has 1 aliphatic rings. The third-order valence-electron chi connectivity index (χ3n) is 5.65. The van der Waals surface area contributed by atoms with Gasteiger partial charge in [-0.2, -0.15) is 13.2 Å². The van der Waals surface area contributed by atoms with Crippen molar-refractivity contribution in [2.24, 2.45) is 5.16 Å². The van der Waals surface area contributed by atoms with Crippen LogP contribution >= 0.6 is 0 Å².